The molecule has 1 saturated carbocycles. The SMILES string of the molecule is CCC1C(=O)NC(C)(C2CC2)C(=O)N1C(C)C1CCCO1. The summed E-state index contributed by atoms with van der Waals surface area (Å²) in [6.45, 7) is 6.65. The first-order valence-electron chi connectivity index (χ1n) is 8.25. The molecule has 21 heavy (non-hydrogen) atoms. The van der Waals surface area contributed by atoms with E-state index in [0.717, 1.165) is 32.3 Å². The van der Waals surface area contributed by atoms with E-state index in [1.54, 1.807) is 0 Å². The second-order valence-corrected chi connectivity index (χ2v) is 6.89. The maximum Gasteiger partial charge on any atom is 0.249 e. The maximum absolute atomic E-state index is 13.1. The van der Waals surface area contributed by atoms with Gasteiger partial charge in [0.1, 0.15) is 11.6 Å². The van der Waals surface area contributed by atoms with Gasteiger partial charge in [-0.2, -0.15) is 0 Å². The number of ether oxygens (including phenoxy) is 1. The van der Waals surface area contributed by atoms with Gasteiger partial charge in [-0.05, 0) is 51.9 Å². The van der Waals surface area contributed by atoms with Gasteiger partial charge in [0.05, 0.1) is 12.1 Å². The molecule has 5 heteroatoms. The number of piperazine rings is 1. The van der Waals surface area contributed by atoms with Gasteiger partial charge in [-0.15, -0.1) is 0 Å². The van der Waals surface area contributed by atoms with Crippen LogP contribution in [-0.4, -0.2) is 47.0 Å². The average Bonchev–Trinajstić information content (AvgIpc) is 3.18. The number of hydrogen-bond acceptors (Lipinski definition) is 3. The van der Waals surface area contributed by atoms with Gasteiger partial charge in [0.15, 0.2) is 0 Å². The predicted molar refractivity (Wildman–Crippen MR) is 78.6 cm³/mol. The van der Waals surface area contributed by atoms with Crippen molar-refractivity contribution in [1.29, 1.82) is 0 Å². The largest absolute Gasteiger partial charge is 0.376 e. The highest BCUT2D eigenvalue weighted by atomic mass is 16.5. The van der Waals surface area contributed by atoms with Crippen LogP contribution in [0, 0.1) is 5.92 Å². The third kappa shape index (κ3) is 2.35. The molecule has 1 N–H and O–H groups in total. The Morgan fingerprint density at radius 2 is 2.10 bits per heavy atom. The van der Waals surface area contributed by atoms with Crippen LogP contribution in [0.4, 0.5) is 0 Å². The van der Waals surface area contributed by atoms with E-state index in [9.17, 15) is 9.59 Å². The van der Waals surface area contributed by atoms with E-state index >= 15 is 0 Å². The van der Waals surface area contributed by atoms with E-state index in [-0.39, 0.29) is 30.0 Å². The zero-order chi connectivity index (χ0) is 15.2. The maximum atomic E-state index is 13.1. The number of rotatable bonds is 4. The van der Waals surface area contributed by atoms with Gasteiger partial charge in [0.2, 0.25) is 11.8 Å². The molecule has 2 saturated heterocycles. The number of carbonyl (C=O) groups excluding carboxylic acids is 2. The van der Waals surface area contributed by atoms with E-state index < -0.39 is 5.54 Å². The first-order valence-corrected chi connectivity index (χ1v) is 8.25. The fourth-order valence-corrected chi connectivity index (χ4v) is 3.88. The minimum atomic E-state index is -0.713. The lowest BCUT2D eigenvalue weighted by Gasteiger charge is -2.48. The molecule has 4 unspecified atom stereocenters. The van der Waals surface area contributed by atoms with Crippen LogP contribution in [0.1, 0.15) is 52.9 Å². The molecule has 2 heterocycles. The van der Waals surface area contributed by atoms with Gasteiger partial charge < -0.3 is 15.0 Å². The van der Waals surface area contributed by atoms with Gasteiger partial charge in [-0.3, -0.25) is 9.59 Å². The molecule has 0 radical (unpaired) electrons. The zero-order valence-electron chi connectivity index (χ0n) is 13.2. The van der Waals surface area contributed by atoms with Crippen molar-refractivity contribution in [3.63, 3.8) is 0 Å². The van der Waals surface area contributed by atoms with Crippen LogP contribution in [0.2, 0.25) is 0 Å². The number of nitrogens with one attached hydrogen (secondary N) is 1. The van der Waals surface area contributed by atoms with Gasteiger partial charge in [0.25, 0.3) is 0 Å². The van der Waals surface area contributed by atoms with Crippen molar-refractivity contribution in [1.82, 2.24) is 10.2 Å². The van der Waals surface area contributed by atoms with E-state index in [4.69, 9.17) is 4.74 Å². The van der Waals surface area contributed by atoms with Crippen molar-refractivity contribution in [2.24, 2.45) is 5.92 Å². The second-order valence-electron chi connectivity index (χ2n) is 6.89. The topological polar surface area (TPSA) is 58.6 Å². The normalized spacial score (nSPS) is 38.5. The zero-order valence-corrected chi connectivity index (χ0v) is 13.2. The second kappa shape index (κ2) is 5.27. The van der Waals surface area contributed by atoms with Crippen molar-refractivity contribution in [3.8, 4) is 0 Å². The summed E-state index contributed by atoms with van der Waals surface area (Å²) in [6.07, 6.45) is 4.79. The standard InChI is InChI=1S/C16H26N2O3/c1-4-12-14(19)17-16(3,11-7-8-11)15(20)18(12)10(2)13-6-5-9-21-13/h10-13H,4-9H2,1-3H3,(H,17,19). The van der Waals surface area contributed by atoms with E-state index in [1.165, 1.54) is 0 Å². The van der Waals surface area contributed by atoms with E-state index in [2.05, 4.69) is 5.32 Å². The summed E-state index contributed by atoms with van der Waals surface area (Å²) in [5.41, 5.74) is -0.713. The average molecular weight is 294 g/mol. The predicted octanol–water partition coefficient (Wildman–Crippen LogP) is 1.46. The van der Waals surface area contributed by atoms with Crippen molar-refractivity contribution in [3.05, 3.63) is 0 Å². The monoisotopic (exact) mass is 294 g/mol. The van der Waals surface area contributed by atoms with Gasteiger partial charge >= 0.3 is 0 Å². The molecule has 4 atom stereocenters. The minimum Gasteiger partial charge on any atom is -0.376 e. The van der Waals surface area contributed by atoms with Crippen LogP contribution >= 0.6 is 0 Å². The van der Waals surface area contributed by atoms with Gasteiger partial charge in [-0.25, -0.2) is 0 Å². The highest BCUT2D eigenvalue weighted by molar-refractivity contribution is 6.00. The van der Waals surface area contributed by atoms with Crippen LogP contribution in [-0.2, 0) is 14.3 Å². The van der Waals surface area contributed by atoms with E-state index in [0.29, 0.717) is 12.3 Å². The van der Waals surface area contributed by atoms with Crippen molar-refractivity contribution < 1.29 is 14.3 Å². The summed E-state index contributed by atoms with van der Waals surface area (Å²) in [6, 6.07) is -0.391. The lowest BCUT2D eigenvalue weighted by atomic mass is 9.87. The Morgan fingerprint density at radius 1 is 1.38 bits per heavy atom. The molecule has 118 valence electrons. The van der Waals surface area contributed by atoms with Crippen molar-refractivity contribution >= 4 is 11.8 Å². The van der Waals surface area contributed by atoms with Crippen LogP contribution in [0.3, 0.4) is 0 Å². The molecule has 5 nitrogen and oxygen atoms in total. The molecule has 0 aromatic heterocycles. The molecule has 3 rings (SSSR count). The number of amides is 2. The lowest BCUT2D eigenvalue weighted by Crippen LogP contribution is -2.72. The molecule has 0 aromatic carbocycles. The Morgan fingerprint density at radius 3 is 2.62 bits per heavy atom. The van der Waals surface area contributed by atoms with E-state index in [1.807, 2.05) is 25.7 Å². The molecule has 0 bridgehead atoms. The number of nitrogens with zero attached hydrogens (tertiary/aromatic N) is 1. The molecule has 0 aromatic rings. The third-order valence-electron chi connectivity index (χ3n) is 5.42. The fourth-order valence-electron chi connectivity index (χ4n) is 3.88. The first kappa shape index (κ1) is 14.8. The highest BCUT2D eigenvalue weighted by Crippen LogP contribution is 2.43. The Kier molecular flexibility index (Phi) is 3.72. The Balaban J connectivity index is 1.88. The number of hydrogen-bond donors (Lipinski definition) is 1. The number of carbonyl (C=O) groups is 2. The van der Waals surface area contributed by atoms with Crippen molar-refractivity contribution in [2.75, 3.05) is 6.61 Å². The summed E-state index contributed by atoms with van der Waals surface area (Å²) >= 11 is 0. The van der Waals surface area contributed by atoms with Crippen LogP contribution < -0.4 is 5.32 Å². The summed E-state index contributed by atoms with van der Waals surface area (Å²) in [5, 5.41) is 3.01. The molecular weight excluding hydrogens is 268 g/mol. The van der Waals surface area contributed by atoms with Crippen LogP contribution in [0.15, 0.2) is 0 Å². The minimum absolute atomic E-state index is 0.00338. The van der Waals surface area contributed by atoms with Crippen LogP contribution in [0.25, 0.3) is 0 Å². The van der Waals surface area contributed by atoms with Gasteiger partial charge in [0, 0.05) is 6.61 Å². The summed E-state index contributed by atoms with van der Waals surface area (Å²) in [4.78, 5) is 27.4. The Hall–Kier alpha value is -1.10. The van der Waals surface area contributed by atoms with Crippen LogP contribution in [0.5, 0.6) is 0 Å². The lowest BCUT2D eigenvalue weighted by molar-refractivity contribution is -0.161. The third-order valence-corrected chi connectivity index (χ3v) is 5.42. The summed E-state index contributed by atoms with van der Waals surface area (Å²) < 4.78 is 5.76. The molecule has 2 amide bonds. The fraction of sp³-hybridized carbons (Fsp3) is 0.875. The Labute approximate surface area is 126 Å². The quantitative estimate of drug-likeness (QED) is 0.854. The van der Waals surface area contributed by atoms with Gasteiger partial charge in [-0.1, -0.05) is 6.92 Å². The summed E-state index contributed by atoms with van der Waals surface area (Å²) in [5.74, 6) is 0.377. The molecule has 3 fully saturated rings. The first-order chi connectivity index (χ1) is 9.99. The molecule has 1 aliphatic carbocycles. The molecular formula is C16H26N2O3. The van der Waals surface area contributed by atoms with Crippen molar-refractivity contribution in [2.45, 2.75) is 76.6 Å². The molecule has 0 spiro atoms. The molecule has 2 aliphatic heterocycles. The smallest absolute Gasteiger partial charge is 0.249 e. The Bertz CT molecular complexity index is 443. The highest BCUT2D eigenvalue weighted by Gasteiger charge is 2.56. The summed E-state index contributed by atoms with van der Waals surface area (Å²) in [7, 11) is 0. The molecule has 3 aliphatic rings.